The Morgan fingerprint density at radius 2 is 2.07 bits per heavy atom. The number of pyridine rings is 1. The van der Waals surface area contributed by atoms with Crippen LogP contribution >= 0.6 is 22.9 Å². The molecule has 9 heteroatoms. The Morgan fingerprint density at radius 1 is 1.29 bits per heavy atom. The summed E-state index contributed by atoms with van der Waals surface area (Å²) in [4.78, 5) is 30.0. The molecule has 4 aromatic rings. The molecule has 28 heavy (non-hydrogen) atoms. The molecule has 7 nitrogen and oxygen atoms in total. The molecule has 0 fully saturated rings. The number of primary amides is 1. The van der Waals surface area contributed by atoms with E-state index in [0.717, 1.165) is 10.9 Å². The van der Waals surface area contributed by atoms with E-state index in [1.807, 2.05) is 18.3 Å². The highest BCUT2D eigenvalue weighted by molar-refractivity contribution is 7.13. The predicted molar refractivity (Wildman–Crippen MR) is 110 cm³/mol. The standard InChI is InChI=1S/C19H17ClN6OS/c1-9(2)12-7-26(17-11(12)5-4-6-22-17)18-14(15(21)27)10(3)23-16(25-18)19-24-13(20)8-28-19/h4-9H,1-3H3,(H2,21,27). The van der Waals surface area contributed by atoms with Crippen molar-refractivity contribution in [3.8, 4) is 16.6 Å². The van der Waals surface area contributed by atoms with E-state index in [4.69, 9.17) is 17.3 Å². The van der Waals surface area contributed by atoms with Crippen LogP contribution in [0.1, 0.15) is 41.4 Å². The first-order valence-electron chi connectivity index (χ1n) is 8.63. The van der Waals surface area contributed by atoms with Crippen molar-refractivity contribution in [3.63, 3.8) is 0 Å². The molecule has 4 aromatic heterocycles. The molecular weight excluding hydrogens is 396 g/mol. The molecule has 2 N–H and O–H groups in total. The maximum atomic E-state index is 12.2. The number of thiazole rings is 1. The van der Waals surface area contributed by atoms with Crippen LogP contribution in [0.4, 0.5) is 0 Å². The van der Waals surface area contributed by atoms with Crippen molar-refractivity contribution in [2.24, 2.45) is 5.73 Å². The Kier molecular flexibility index (Phi) is 4.60. The van der Waals surface area contributed by atoms with Gasteiger partial charge in [-0.05, 0) is 30.5 Å². The van der Waals surface area contributed by atoms with E-state index in [2.05, 4.69) is 33.8 Å². The highest BCUT2D eigenvalue weighted by Crippen LogP contribution is 2.31. The summed E-state index contributed by atoms with van der Waals surface area (Å²) < 4.78 is 1.80. The third-order valence-corrected chi connectivity index (χ3v) is 5.59. The summed E-state index contributed by atoms with van der Waals surface area (Å²) in [6.45, 7) is 5.94. The average molecular weight is 413 g/mol. The average Bonchev–Trinajstić information content (AvgIpc) is 3.24. The molecule has 142 valence electrons. The lowest BCUT2D eigenvalue weighted by Gasteiger charge is -2.12. The van der Waals surface area contributed by atoms with Gasteiger partial charge in [-0.2, -0.15) is 0 Å². The molecule has 0 aromatic carbocycles. The lowest BCUT2D eigenvalue weighted by Crippen LogP contribution is -2.19. The maximum absolute atomic E-state index is 12.2. The van der Waals surface area contributed by atoms with Gasteiger partial charge in [-0.25, -0.2) is 19.9 Å². The first-order chi connectivity index (χ1) is 13.4. The summed E-state index contributed by atoms with van der Waals surface area (Å²) in [7, 11) is 0. The SMILES string of the molecule is Cc1nc(-c2nc(Cl)cs2)nc(-n2cc(C(C)C)c3cccnc32)c1C(N)=O. The van der Waals surface area contributed by atoms with Crippen LogP contribution in [0.15, 0.2) is 29.9 Å². The maximum Gasteiger partial charge on any atom is 0.254 e. The number of amides is 1. The number of aryl methyl sites for hydroxylation is 1. The van der Waals surface area contributed by atoms with Gasteiger partial charge < -0.3 is 5.73 Å². The number of carbonyl (C=O) groups is 1. The van der Waals surface area contributed by atoms with Gasteiger partial charge in [0.2, 0.25) is 0 Å². The van der Waals surface area contributed by atoms with Crippen LogP contribution in [-0.2, 0) is 0 Å². The number of fused-ring (bicyclic) bond motifs is 1. The molecule has 4 rings (SSSR count). The minimum atomic E-state index is -0.597. The Bertz CT molecular complexity index is 1210. The molecule has 0 saturated heterocycles. The van der Waals surface area contributed by atoms with Crippen LogP contribution < -0.4 is 5.73 Å². The summed E-state index contributed by atoms with van der Waals surface area (Å²) in [5, 5.41) is 3.65. The zero-order chi connectivity index (χ0) is 20.0. The summed E-state index contributed by atoms with van der Waals surface area (Å²) >= 11 is 7.29. The monoisotopic (exact) mass is 412 g/mol. The smallest absolute Gasteiger partial charge is 0.254 e. The molecule has 0 saturated carbocycles. The number of nitrogens with two attached hydrogens (primary N) is 1. The molecule has 0 unspecified atom stereocenters. The molecular formula is C19H17ClN6OS. The van der Waals surface area contributed by atoms with Crippen molar-refractivity contribution in [2.75, 3.05) is 0 Å². The van der Waals surface area contributed by atoms with Gasteiger partial charge in [0, 0.05) is 23.2 Å². The largest absolute Gasteiger partial charge is 0.365 e. The van der Waals surface area contributed by atoms with Gasteiger partial charge in [0.1, 0.15) is 16.4 Å². The number of carbonyl (C=O) groups excluding carboxylic acids is 1. The van der Waals surface area contributed by atoms with Gasteiger partial charge in [-0.3, -0.25) is 9.36 Å². The van der Waals surface area contributed by atoms with Crippen molar-refractivity contribution >= 4 is 39.9 Å². The summed E-state index contributed by atoms with van der Waals surface area (Å²) in [6, 6.07) is 3.90. The summed E-state index contributed by atoms with van der Waals surface area (Å²) in [6.07, 6.45) is 3.66. The second kappa shape index (κ2) is 6.96. The minimum absolute atomic E-state index is 0.254. The Morgan fingerprint density at radius 3 is 2.71 bits per heavy atom. The molecule has 0 radical (unpaired) electrons. The Hall–Kier alpha value is -2.84. The quantitative estimate of drug-likeness (QED) is 0.543. The topological polar surface area (TPSA) is 99.6 Å². The number of halogens is 1. The van der Waals surface area contributed by atoms with Crippen LogP contribution in [0.3, 0.4) is 0 Å². The van der Waals surface area contributed by atoms with Gasteiger partial charge in [-0.15, -0.1) is 11.3 Å². The number of nitrogens with zero attached hydrogens (tertiary/aromatic N) is 5. The van der Waals surface area contributed by atoms with Gasteiger partial charge in [0.15, 0.2) is 16.6 Å². The van der Waals surface area contributed by atoms with Crippen molar-refractivity contribution in [3.05, 3.63) is 51.9 Å². The zero-order valence-corrected chi connectivity index (χ0v) is 17.0. The normalized spacial score (nSPS) is 11.5. The van der Waals surface area contributed by atoms with Crippen LogP contribution in [-0.4, -0.2) is 30.4 Å². The van der Waals surface area contributed by atoms with E-state index in [1.165, 1.54) is 11.3 Å². The zero-order valence-electron chi connectivity index (χ0n) is 15.5. The van der Waals surface area contributed by atoms with Crippen molar-refractivity contribution in [2.45, 2.75) is 26.7 Å². The third kappa shape index (κ3) is 3.04. The molecule has 0 bridgehead atoms. The molecule has 0 spiro atoms. The lowest BCUT2D eigenvalue weighted by molar-refractivity contribution is 0.0999. The van der Waals surface area contributed by atoms with E-state index in [9.17, 15) is 4.79 Å². The molecule has 0 aliphatic heterocycles. The van der Waals surface area contributed by atoms with E-state index < -0.39 is 5.91 Å². The van der Waals surface area contributed by atoms with Crippen LogP contribution in [0.2, 0.25) is 5.15 Å². The number of rotatable bonds is 4. The summed E-state index contributed by atoms with van der Waals surface area (Å²) in [5.41, 5.74) is 8.21. The molecule has 0 aliphatic rings. The number of aromatic nitrogens is 5. The second-order valence-electron chi connectivity index (χ2n) is 6.65. The van der Waals surface area contributed by atoms with E-state index in [1.54, 1.807) is 23.1 Å². The van der Waals surface area contributed by atoms with E-state index in [-0.39, 0.29) is 11.5 Å². The van der Waals surface area contributed by atoms with E-state index in [0.29, 0.717) is 33.1 Å². The molecule has 4 heterocycles. The fourth-order valence-electron chi connectivity index (χ4n) is 3.18. The van der Waals surface area contributed by atoms with Crippen LogP contribution in [0.5, 0.6) is 0 Å². The lowest BCUT2D eigenvalue weighted by atomic mass is 10.0. The highest BCUT2D eigenvalue weighted by Gasteiger charge is 2.23. The molecule has 0 atom stereocenters. The first-order valence-corrected chi connectivity index (χ1v) is 9.88. The Labute approximate surface area is 170 Å². The van der Waals surface area contributed by atoms with Gasteiger partial charge in [0.25, 0.3) is 5.91 Å². The van der Waals surface area contributed by atoms with Crippen molar-refractivity contribution in [1.82, 2.24) is 24.5 Å². The molecule has 1 amide bonds. The second-order valence-corrected chi connectivity index (χ2v) is 7.90. The van der Waals surface area contributed by atoms with Crippen LogP contribution in [0, 0.1) is 6.92 Å². The molecule has 0 aliphatic carbocycles. The highest BCUT2D eigenvalue weighted by atomic mass is 35.5. The Balaban J connectivity index is 2.05. The van der Waals surface area contributed by atoms with Crippen molar-refractivity contribution < 1.29 is 4.79 Å². The fourth-order valence-corrected chi connectivity index (χ4v) is 4.06. The number of hydrogen-bond donors (Lipinski definition) is 1. The van der Waals surface area contributed by atoms with Crippen LogP contribution in [0.25, 0.3) is 27.7 Å². The van der Waals surface area contributed by atoms with Gasteiger partial charge >= 0.3 is 0 Å². The minimum Gasteiger partial charge on any atom is -0.365 e. The van der Waals surface area contributed by atoms with E-state index >= 15 is 0 Å². The van der Waals surface area contributed by atoms with Crippen molar-refractivity contribution in [1.29, 1.82) is 0 Å². The van der Waals surface area contributed by atoms with Gasteiger partial charge in [0.05, 0.1) is 5.69 Å². The first kappa shape index (κ1) is 18.5. The fraction of sp³-hybridized carbons (Fsp3) is 0.211. The van der Waals surface area contributed by atoms with Gasteiger partial charge in [-0.1, -0.05) is 25.4 Å². The predicted octanol–water partition coefficient (Wildman–Crippen LogP) is 4.12. The summed E-state index contributed by atoms with van der Waals surface area (Å²) in [5.74, 6) is 0.445. The number of hydrogen-bond acceptors (Lipinski definition) is 6. The third-order valence-electron chi connectivity index (χ3n) is 4.43.